The molecule has 1 heterocycles. The lowest BCUT2D eigenvalue weighted by Crippen LogP contribution is -2.45. The molecule has 1 atom stereocenters. The maximum Gasteiger partial charge on any atom is 0.511 e. The minimum absolute atomic E-state index is 0.0540. The Hall–Kier alpha value is -3.96. The van der Waals surface area contributed by atoms with Crippen molar-refractivity contribution in [1.82, 2.24) is 0 Å². The van der Waals surface area contributed by atoms with Gasteiger partial charge in [-0.1, -0.05) is 29.8 Å². The number of para-hydroxylation sites is 1. The first-order chi connectivity index (χ1) is 17.7. The van der Waals surface area contributed by atoms with E-state index >= 15 is 0 Å². The Labute approximate surface area is 218 Å². The Kier molecular flexibility index (Phi) is 7.74. The number of nitrogens with zero attached hydrogens (tertiary/aromatic N) is 1. The van der Waals surface area contributed by atoms with Crippen molar-refractivity contribution in [2.75, 3.05) is 29.9 Å². The zero-order chi connectivity index (χ0) is 26.6. The van der Waals surface area contributed by atoms with Gasteiger partial charge in [0.25, 0.3) is 22.2 Å². The van der Waals surface area contributed by atoms with Gasteiger partial charge in [-0.2, -0.15) is 0 Å². The smallest absolute Gasteiger partial charge is 0.495 e. The SMILES string of the molecule is CCOC(=O)OC1CN(S(=O)(=O)c2cc(Cl)ccc2OC)c2cc(C(=O)Nc3ccccc3)ccc2O1. The van der Waals surface area contributed by atoms with E-state index in [9.17, 15) is 18.0 Å². The summed E-state index contributed by atoms with van der Waals surface area (Å²) in [4.78, 5) is 24.6. The largest absolute Gasteiger partial charge is 0.511 e. The molecule has 1 N–H and O–H groups in total. The van der Waals surface area contributed by atoms with Crippen molar-refractivity contribution < 1.29 is 37.0 Å². The van der Waals surface area contributed by atoms with Crippen molar-refractivity contribution in [3.63, 3.8) is 0 Å². The summed E-state index contributed by atoms with van der Waals surface area (Å²) in [5.41, 5.74) is 0.804. The Morgan fingerprint density at radius 1 is 1.11 bits per heavy atom. The van der Waals surface area contributed by atoms with E-state index in [1.807, 2.05) is 6.07 Å². The number of rotatable bonds is 7. The van der Waals surface area contributed by atoms with Crippen LogP contribution >= 0.6 is 11.6 Å². The second kappa shape index (κ2) is 11.0. The zero-order valence-electron chi connectivity index (χ0n) is 19.8. The van der Waals surface area contributed by atoms with Crippen LogP contribution in [0.5, 0.6) is 11.5 Å². The molecule has 0 aromatic heterocycles. The Morgan fingerprint density at radius 3 is 2.57 bits per heavy atom. The van der Waals surface area contributed by atoms with Gasteiger partial charge in [0, 0.05) is 16.3 Å². The molecule has 194 valence electrons. The van der Waals surface area contributed by atoms with Crippen LogP contribution in [0.2, 0.25) is 5.02 Å². The first kappa shape index (κ1) is 26.1. The Morgan fingerprint density at radius 2 is 1.86 bits per heavy atom. The lowest BCUT2D eigenvalue weighted by molar-refractivity contribution is -0.0600. The molecule has 37 heavy (non-hydrogen) atoms. The third-order valence-corrected chi connectivity index (χ3v) is 7.31. The molecule has 0 bridgehead atoms. The molecule has 0 saturated heterocycles. The van der Waals surface area contributed by atoms with E-state index in [0.717, 1.165) is 4.31 Å². The first-order valence-electron chi connectivity index (χ1n) is 11.1. The molecular formula is C25H23ClN2O8S. The summed E-state index contributed by atoms with van der Waals surface area (Å²) in [5.74, 6) is -0.337. The van der Waals surface area contributed by atoms with E-state index in [0.29, 0.717) is 5.69 Å². The molecule has 10 nitrogen and oxygen atoms in total. The minimum atomic E-state index is -4.34. The Balaban J connectivity index is 1.76. The molecule has 1 unspecified atom stereocenters. The van der Waals surface area contributed by atoms with Crippen molar-refractivity contribution in [2.24, 2.45) is 0 Å². The molecule has 0 fully saturated rings. The molecule has 1 amide bonds. The fourth-order valence-electron chi connectivity index (χ4n) is 3.61. The van der Waals surface area contributed by atoms with Gasteiger partial charge in [-0.15, -0.1) is 0 Å². The maximum absolute atomic E-state index is 13.9. The van der Waals surface area contributed by atoms with Crippen LogP contribution in [0, 0.1) is 0 Å². The molecule has 0 radical (unpaired) electrons. The van der Waals surface area contributed by atoms with E-state index < -0.39 is 34.9 Å². The highest BCUT2D eigenvalue weighted by atomic mass is 35.5. The van der Waals surface area contributed by atoms with Gasteiger partial charge in [0.2, 0.25) is 0 Å². The second-order valence-electron chi connectivity index (χ2n) is 7.68. The third-order valence-electron chi connectivity index (χ3n) is 5.28. The van der Waals surface area contributed by atoms with E-state index in [4.69, 9.17) is 30.5 Å². The summed E-state index contributed by atoms with van der Waals surface area (Å²) in [5, 5.41) is 2.92. The van der Waals surface area contributed by atoms with Crippen LogP contribution in [0.3, 0.4) is 0 Å². The lowest BCUT2D eigenvalue weighted by Gasteiger charge is -2.35. The van der Waals surface area contributed by atoms with Crippen LogP contribution < -0.4 is 19.1 Å². The van der Waals surface area contributed by atoms with Gasteiger partial charge in [-0.25, -0.2) is 13.2 Å². The number of fused-ring (bicyclic) bond motifs is 1. The number of methoxy groups -OCH3 is 1. The van der Waals surface area contributed by atoms with Crippen LogP contribution in [0.15, 0.2) is 71.6 Å². The third kappa shape index (κ3) is 5.73. The summed E-state index contributed by atoms with van der Waals surface area (Å²) in [7, 11) is -3.02. The first-order valence-corrected chi connectivity index (χ1v) is 12.9. The molecule has 3 aromatic rings. The molecule has 12 heteroatoms. The second-order valence-corrected chi connectivity index (χ2v) is 9.95. The van der Waals surface area contributed by atoms with E-state index in [1.165, 1.54) is 43.5 Å². The van der Waals surface area contributed by atoms with Crippen LogP contribution in [0.25, 0.3) is 0 Å². The molecule has 1 aliphatic rings. The maximum atomic E-state index is 13.9. The van der Waals surface area contributed by atoms with E-state index in [1.54, 1.807) is 31.2 Å². The van der Waals surface area contributed by atoms with Gasteiger partial charge in [0.15, 0.2) is 0 Å². The number of hydrogen-bond acceptors (Lipinski definition) is 8. The molecule has 0 spiro atoms. The monoisotopic (exact) mass is 546 g/mol. The average Bonchev–Trinajstić information content (AvgIpc) is 2.88. The fourth-order valence-corrected chi connectivity index (χ4v) is 5.48. The number of carbonyl (C=O) groups is 2. The topological polar surface area (TPSA) is 120 Å². The predicted octanol–water partition coefficient (Wildman–Crippen LogP) is 4.69. The number of amides is 1. The normalized spacial score (nSPS) is 14.7. The number of carbonyl (C=O) groups excluding carboxylic acids is 2. The van der Waals surface area contributed by atoms with Gasteiger partial charge < -0.3 is 24.3 Å². The van der Waals surface area contributed by atoms with Crippen molar-refractivity contribution in [3.8, 4) is 11.5 Å². The number of sulfonamides is 1. The van der Waals surface area contributed by atoms with Crippen LogP contribution in [0.1, 0.15) is 17.3 Å². The quantitative estimate of drug-likeness (QED) is 0.424. The standard InChI is InChI=1S/C25H23ClN2O8S/c1-3-34-25(30)36-23-15-28(37(31,32)22-14-17(26)10-12-21(22)33-2)19-13-16(9-11-20(19)35-23)24(29)27-18-7-5-4-6-8-18/h4-14,23H,3,15H2,1-2H3,(H,27,29). The molecule has 3 aromatic carbocycles. The highest BCUT2D eigenvalue weighted by Gasteiger charge is 2.38. The van der Waals surface area contributed by atoms with Crippen molar-refractivity contribution in [2.45, 2.75) is 18.1 Å². The van der Waals surface area contributed by atoms with Gasteiger partial charge in [-0.05, 0) is 55.5 Å². The summed E-state index contributed by atoms with van der Waals surface area (Å²) in [6.07, 6.45) is -2.34. The van der Waals surface area contributed by atoms with Gasteiger partial charge in [-0.3, -0.25) is 9.10 Å². The number of halogens is 1. The highest BCUT2D eigenvalue weighted by molar-refractivity contribution is 7.93. The molecule has 1 aliphatic heterocycles. The number of hydrogen-bond donors (Lipinski definition) is 1. The lowest BCUT2D eigenvalue weighted by atomic mass is 10.1. The number of anilines is 2. The number of benzene rings is 3. The Bertz CT molecular complexity index is 1420. The average molecular weight is 547 g/mol. The molecule has 4 rings (SSSR count). The number of ether oxygens (including phenoxy) is 4. The van der Waals surface area contributed by atoms with Crippen LogP contribution in [-0.4, -0.2) is 47.0 Å². The van der Waals surface area contributed by atoms with Gasteiger partial charge in [0.05, 0.1) is 19.4 Å². The fraction of sp³-hybridized carbons (Fsp3) is 0.200. The van der Waals surface area contributed by atoms with E-state index in [2.05, 4.69) is 5.32 Å². The minimum Gasteiger partial charge on any atom is -0.495 e. The highest BCUT2D eigenvalue weighted by Crippen LogP contribution is 2.40. The van der Waals surface area contributed by atoms with Crippen molar-refractivity contribution in [3.05, 3.63) is 77.3 Å². The van der Waals surface area contributed by atoms with Crippen molar-refractivity contribution >= 4 is 45.1 Å². The van der Waals surface area contributed by atoms with Gasteiger partial charge >= 0.3 is 6.16 Å². The zero-order valence-corrected chi connectivity index (χ0v) is 21.4. The van der Waals surface area contributed by atoms with E-state index in [-0.39, 0.29) is 39.3 Å². The van der Waals surface area contributed by atoms with Gasteiger partial charge in [0.1, 0.15) is 22.9 Å². The summed E-state index contributed by atoms with van der Waals surface area (Å²) < 4.78 is 49.7. The van der Waals surface area contributed by atoms with Crippen molar-refractivity contribution in [1.29, 1.82) is 0 Å². The summed E-state index contributed by atoms with van der Waals surface area (Å²) in [6.45, 7) is 1.24. The van der Waals surface area contributed by atoms with Crippen LogP contribution in [-0.2, 0) is 19.5 Å². The summed E-state index contributed by atoms with van der Waals surface area (Å²) in [6, 6.07) is 17.2. The molecular weight excluding hydrogens is 524 g/mol. The van der Waals surface area contributed by atoms with Crippen LogP contribution in [0.4, 0.5) is 16.2 Å². The number of nitrogens with one attached hydrogen (secondary N) is 1. The predicted molar refractivity (Wildman–Crippen MR) is 136 cm³/mol. The summed E-state index contributed by atoms with van der Waals surface area (Å²) >= 11 is 6.09. The molecule has 0 aliphatic carbocycles. The molecule has 0 saturated carbocycles.